The first kappa shape index (κ1) is 41.1. The number of amides is 3. The molecule has 12 nitrogen and oxygen atoms in total. The Bertz CT molecular complexity index is 1810. The molecule has 3 aromatic rings. The van der Waals surface area contributed by atoms with Crippen molar-refractivity contribution in [3.8, 4) is 0 Å². The Labute approximate surface area is 301 Å². The van der Waals surface area contributed by atoms with E-state index in [1.54, 1.807) is 37.7 Å². The van der Waals surface area contributed by atoms with Crippen LogP contribution < -0.4 is 10.9 Å². The van der Waals surface area contributed by atoms with Crippen LogP contribution in [-0.2, 0) is 38.8 Å². The van der Waals surface area contributed by atoms with E-state index in [9.17, 15) is 19.2 Å². The molecule has 0 radical (unpaired) electrons. The maximum Gasteiger partial charge on any atom is 0.410 e. The summed E-state index contributed by atoms with van der Waals surface area (Å²) in [5, 5.41) is 2.67. The molecule has 1 atom stereocenters. The zero-order valence-corrected chi connectivity index (χ0v) is 33.1. The molecule has 0 unspecified atom stereocenters. The van der Waals surface area contributed by atoms with Crippen molar-refractivity contribution in [1.29, 1.82) is 0 Å². The summed E-state index contributed by atoms with van der Waals surface area (Å²) in [6.07, 6.45) is 3.16. The van der Waals surface area contributed by atoms with Gasteiger partial charge in [0.1, 0.15) is 18.2 Å². The van der Waals surface area contributed by atoms with Gasteiger partial charge in [0.25, 0.3) is 11.5 Å². The van der Waals surface area contributed by atoms with Crippen molar-refractivity contribution in [3.05, 3.63) is 69.2 Å². The summed E-state index contributed by atoms with van der Waals surface area (Å²) in [5.74, 6) is -1.09. The number of likely N-dealkylation sites (N-methyl/N-ethyl adjacent to an activating group) is 1. The molecule has 3 rings (SSSR count). The number of aromatic nitrogens is 3. The number of pyridine rings is 2. The van der Waals surface area contributed by atoms with Crippen molar-refractivity contribution < 1.29 is 28.2 Å². The van der Waals surface area contributed by atoms with E-state index in [1.165, 1.54) is 42.2 Å². The van der Waals surface area contributed by atoms with Crippen molar-refractivity contribution in [3.63, 3.8) is 0 Å². The van der Waals surface area contributed by atoms with Crippen LogP contribution in [0.15, 0.2) is 35.3 Å². The predicted molar refractivity (Wildman–Crippen MR) is 201 cm³/mol. The highest BCUT2D eigenvalue weighted by molar-refractivity contribution is 6.76. The van der Waals surface area contributed by atoms with Gasteiger partial charge in [0.05, 0.1) is 23.8 Å². The number of nitrogens with one attached hydrogen (secondary N) is 1. The zero-order chi connectivity index (χ0) is 38.2. The predicted octanol–water partition coefficient (Wildman–Crippen LogP) is 5.94. The van der Waals surface area contributed by atoms with Gasteiger partial charge in [-0.25, -0.2) is 9.18 Å². The standard InChI is InChI=1S/C37H55FN6O6Si/c1-24(2)20-27-28(38)21-39-33-26(4)30(44(34(27)33)23-49-18-19-51(9,10)11)22-43-25(3)16-17-29(36(43)47)40-35(46)31(50-37(48)42(7)8)14-12-13-15-32(45)41(5)6/h13,15-17,21,24,31H,12,14,18-20,22-23H2,1-11H3,(H,40,46)/b15-13+/t31-/m0/s1. The molecule has 0 aliphatic heterocycles. The van der Waals surface area contributed by atoms with E-state index < -0.39 is 31.7 Å². The van der Waals surface area contributed by atoms with Gasteiger partial charge in [0, 0.05) is 59.8 Å². The maximum atomic E-state index is 15.4. The maximum absolute atomic E-state index is 15.4. The zero-order valence-electron chi connectivity index (χ0n) is 32.1. The van der Waals surface area contributed by atoms with Crippen molar-refractivity contribution in [1.82, 2.24) is 23.9 Å². The van der Waals surface area contributed by atoms with Crippen LogP contribution in [0, 0.1) is 25.6 Å². The molecule has 51 heavy (non-hydrogen) atoms. The molecule has 0 fully saturated rings. The molecule has 0 aromatic carbocycles. The number of carbonyl (C=O) groups excluding carboxylic acids is 3. The van der Waals surface area contributed by atoms with Gasteiger partial charge in [-0.3, -0.25) is 19.4 Å². The molecule has 0 aliphatic carbocycles. The highest BCUT2D eigenvalue weighted by Gasteiger charge is 2.26. The van der Waals surface area contributed by atoms with Gasteiger partial charge in [0.2, 0.25) is 5.91 Å². The van der Waals surface area contributed by atoms with Crippen LogP contribution >= 0.6 is 0 Å². The Morgan fingerprint density at radius 2 is 1.75 bits per heavy atom. The normalized spacial score (nSPS) is 12.5. The molecule has 0 aliphatic rings. The number of rotatable bonds is 16. The van der Waals surface area contributed by atoms with Gasteiger partial charge in [-0.1, -0.05) is 39.6 Å². The lowest BCUT2D eigenvalue weighted by molar-refractivity contribution is -0.125. The van der Waals surface area contributed by atoms with Crippen LogP contribution in [0.5, 0.6) is 0 Å². The van der Waals surface area contributed by atoms with Crippen LogP contribution in [0.4, 0.5) is 14.9 Å². The number of hydrogen-bond acceptors (Lipinski definition) is 7. The number of ether oxygens (including phenoxy) is 2. The summed E-state index contributed by atoms with van der Waals surface area (Å²) >= 11 is 0. The quantitative estimate of drug-likeness (QED) is 0.110. The van der Waals surface area contributed by atoms with Gasteiger partial charge in [-0.15, -0.1) is 0 Å². The highest BCUT2D eigenvalue weighted by Crippen LogP contribution is 2.31. The van der Waals surface area contributed by atoms with Gasteiger partial charge in [-0.05, 0) is 68.8 Å². The van der Waals surface area contributed by atoms with Crippen molar-refractivity contribution in [2.45, 2.75) is 92.0 Å². The third-order valence-corrected chi connectivity index (χ3v) is 10.2. The minimum Gasteiger partial charge on any atom is -0.436 e. The number of fused-ring (bicyclic) bond motifs is 1. The van der Waals surface area contributed by atoms with Crippen LogP contribution in [-0.4, -0.2) is 90.8 Å². The molecule has 0 bridgehead atoms. The number of halogens is 1. The molecule has 0 spiro atoms. The first-order valence-corrected chi connectivity index (χ1v) is 21.0. The average Bonchev–Trinajstić information content (AvgIpc) is 3.30. The second-order valence-corrected chi connectivity index (χ2v) is 20.6. The molecule has 3 heterocycles. The number of carbonyl (C=O) groups is 3. The minimum absolute atomic E-state index is 0.00574. The monoisotopic (exact) mass is 726 g/mol. The fourth-order valence-electron chi connectivity index (χ4n) is 5.42. The lowest BCUT2D eigenvalue weighted by Gasteiger charge is -2.21. The van der Waals surface area contributed by atoms with E-state index >= 15 is 4.39 Å². The Morgan fingerprint density at radius 3 is 2.35 bits per heavy atom. The number of allylic oxidation sites excluding steroid dienone is 1. The molecular weight excluding hydrogens is 672 g/mol. The van der Waals surface area contributed by atoms with Gasteiger partial charge >= 0.3 is 6.09 Å². The molecule has 0 saturated heterocycles. The summed E-state index contributed by atoms with van der Waals surface area (Å²) < 4.78 is 30.5. The smallest absolute Gasteiger partial charge is 0.410 e. The summed E-state index contributed by atoms with van der Waals surface area (Å²) in [6.45, 7) is 15.4. The molecule has 0 saturated carbocycles. The van der Waals surface area contributed by atoms with Crippen molar-refractivity contribution >= 4 is 42.7 Å². The third-order valence-electron chi connectivity index (χ3n) is 8.47. The molecule has 280 valence electrons. The lowest BCUT2D eigenvalue weighted by Crippen LogP contribution is -2.38. The van der Waals surface area contributed by atoms with E-state index in [0.717, 1.165) is 17.3 Å². The number of aryl methyl sites for hydroxylation is 2. The number of hydrogen-bond donors (Lipinski definition) is 1. The van der Waals surface area contributed by atoms with Crippen LogP contribution in [0.1, 0.15) is 49.2 Å². The number of anilines is 1. The second kappa shape index (κ2) is 17.8. The molecular formula is C37H55FN6O6Si. The molecule has 1 N–H and O–H groups in total. The first-order valence-electron chi connectivity index (χ1n) is 17.3. The van der Waals surface area contributed by atoms with Crippen molar-refractivity contribution in [2.24, 2.45) is 5.92 Å². The van der Waals surface area contributed by atoms with E-state index in [1.807, 2.05) is 25.3 Å². The van der Waals surface area contributed by atoms with Crippen LogP contribution in [0.3, 0.4) is 0 Å². The molecule has 3 aromatic heterocycles. The van der Waals surface area contributed by atoms with E-state index in [-0.39, 0.29) is 49.4 Å². The minimum atomic E-state index is -1.37. The van der Waals surface area contributed by atoms with Crippen LogP contribution in [0.25, 0.3) is 11.0 Å². The summed E-state index contributed by atoms with van der Waals surface area (Å²) in [5.41, 5.74) is 3.60. The Balaban J connectivity index is 2.02. The highest BCUT2D eigenvalue weighted by atomic mass is 28.3. The SMILES string of the molecule is Cc1c(Cn2c(C)ccc(NC(=O)[C@H](CC/C=C/C(=O)N(C)C)OC(=O)N(C)C)c2=O)n(COCC[Si](C)(C)C)c2c(CC(C)C)c(F)cnc12. The van der Waals surface area contributed by atoms with E-state index in [2.05, 4.69) is 29.9 Å². The van der Waals surface area contributed by atoms with Gasteiger partial charge in [0.15, 0.2) is 6.10 Å². The Kier molecular flexibility index (Phi) is 14.3. The largest absolute Gasteiger partial charge is 0.436 e. The fourth-order valence-corrected chi connectivity index (χ4v) is 6.17. The molecule has 3 amide bonds. The van der Waals surface area contributed by atoms with Crippen molar-refractivity contribution in [2.75, 3.05) is 40.1 Å². The third kappa shape index (κ3) is 11.1. The number of nitrogens with zero attached hydrogens (tertiary/aromatic N) is 5. The molecule has 14 heteroatoms. The van der Waals surface area contributed by atoms with E-state index in [0.29, 0.717) is 35.3 Å². The average molecular weight is 727 g/mol. The van der Waals surface area contributed by atoms with E-state index in [4.69, 9.17) is 9.47 Å². The second-order valence-electron chi connectivity index (χ2n) is 15.0. The summed E-state index contributed by atoms with van der Waals surface area (Å²) in [7, 11) is 4.88. The Morgan fingerprint density at radius 1 is 1.06 bits per heavy atom. The van der Waals surface area contributed by atoms with Crippen LogP contribution in [0.2, 0.25) is 25.7 Å². The lowest BCUT2D eigenvalue weighted by atomic mass is 10.0. The van der Waals surface area contributed by atoms with Gasteiger partial charge < -0.3 is 33.7 Å². The Hall–Kier alpha value is -4.30. The van der Waals surface area contributed by atoms with Gasteiger partial charge in [-0.2, -0.15) is 0 Å². The summed E-state index contributed by atoms with van der Waals surface area (Å²) in [6, 6.07) is 4.20. The summed E-state index contributed by atoms with van der Waals surface area (Å²) in [4.78, 5) is 59.0. The first-order chi connectivity index (χ1) is 23.8. The fraction of sp³-hybridized carbons (Fsp3) is 0.541. The topological polar surface area (TPSA) is 128 Å².